The molecule has 1 aromatic rings. The largest absolute Gasteiger partial charge is 0.126 e. The minimum atomic E-state index is 0.721. The number of halogens is 1. The summed E-state index contributed by atoms with van der Waals surface area (Å²) in [4.78, 5) is 2.11. The number of hydrogen-bond acceptors (Lipinski definition) is 1. The van der Waals surface area contributed by atoms with Crippen LogP contribution in [0.1, 0.15) is 32.6 Å². The summed E-state index contributed by atoms with van der Waals surface area (Å²) in [5.74, 6) is 1.23. The summed E-state index contributed by atoms with van der Waals surface area (Å²) in [5, 5.41) is 0. The Bertz CT molecular complexity index is 248. The Labute approximate surface area is 106 Å². The SMILES string of the molecule is CCCC(Br)CCCSc1ccccc1. The molecule has 2 heteroatoms. The molecule has 84 valence electrons. The normalized spacial score (nSPS) is 12.7. The van der Waals surface area contributed by atoms with E-state index in [-0.39, 0.29) is 0 Å². The molecule has 0 aliphatic heterocycles. The van der Waals surface area contributed by atoms with Crippen LogP contribution in [0.2, 0.25) is 0 Å². The third-order valence-corrected chi connectivity index (χ3v) is 4.29. The van der Waals surface area contributed by atoms with Gasteiger partial charge in [0.2, 0.25) is 0 Å². The highest BCUT2D eigenvalue weighted by atomic mass is 79.9. The lowest BCUT2D eigenvalue weighted by Crippen LogP contribution is -1.97. The van der Waals surface area contributed by atoms with Crippen LogP contribution in [0.5, 0.6) is 0 Å². The lowest BCUT2D eigenvalue weighted by Gasteiger charge is -2.07. The van der Waals surface area contributed by atoms with Crippen LogP contribution in [0.3, 0.4) is 0 Å². The van der Waals surface area contributed by atoms with Gasteiger partial charge in [-0.1, -0.05) is 47.5 Å². The molecular weight excluding hydrogens is 268 g/mol. The predicted molar refractivity (Wildman–Crippen MR) is 74.0 cm³/mol. The summed E-state index contributed by atoms with van der Waals surface area (Å²) in [6.45, 7) is 2.24. The molecule has 0 saturated carbocycles. The Balaban J connectivity index is 2.07. The van der Waals surface area contributed by atoms with E-state index in [0.29, 0.717) is 0 Å². The zero-order chi connectivity index (χ0) is 10.9. The van der Waals surface area contributed by atoms with Gasteiger partial charge in [0, 0.05) is 9.72 Å². The number of hydrogen-bond donors (Lipinski definition) is 0. The van der Waals surface area contributed by atoms with Gasteiger partial charge in [-0.3, -0.25) is 0 Å². The van der Waals surface area contributed by atoms with E-state index in [1.54, 1.807) is 0 Å². The second-order valence-electron chi connectivity index (χ2n) is 3.69. The van der Waals surface area contributed by atoms with Crippen LogP contribution in [0.15, 0.2) is 35.2 Å². The highest BCUT2D eigenvalue weighted by Crippen LogP contribution is 2.21. The van der Waals surface area contributed by atoms with Crippen molar-refractivity contribution in [3.05, 3.63) is 30.3 Å². The Morgan fingerprint density at radius 3 is 2.60 bits per heavy atom. The van der Waals surface area contributed by atoms with Crippen LogP contribution >= 0.6 is 27.7 Å². The van der Waals surface area contributed by atoms with Gasteiger partial charge in [-0.05, 0) is 37.1 Å². The molecule has 0 aliphatic carbocycles. The van der Waals surface area contributed by atoms with Crippen molar-refractivity contribution < 1.29 is 0 Å². The first-order valence-electron chi connectivity index (χ1n) is 5.65. The van der Waals surface area contributed by atoms with Crippen molar-refractivity contribution >= 4 is 27.7 Å². The molecule has 15 heavy (non-hydrogen) atoms. The van der Waals surface area contributed by atoms with Crippen LogP contribution in [0.25, 0.3) is 0 Å². The van der Waals surface area contributed by atoms with E-state index in [1.807, 2.05) is 11.8 Å². The summed E-state index contributed by atoms with van der Waals surface area (Å²) in [5.41, 5.74) is 0. The molecule has 0 radical (unpaired) electrons. The van der Waals surface area contributed by atoms with Crippen LogP contribution in [0.4, 0.5) is 0 Å². The van der Waals surface area contributed by atoms with Gasteiger partial charge in [-0.25, -0.2) is 0 Å². The molecule has 0 aliphatic rings. The maximum absolute atomic E-state index is 3.72. The smallest absolute Gasteiger partial charge is 0.0146 e. The monoisotopic (exact) mass is 286 g/mol. The van der Waals surface area contributed by atoms with E-state index in [0.717, 1.165) is 4.83 Å². The van der Waals surface area contributed by atoms with Gasteiger partial charge in [-0.15, -0.1) is 11.8 Å². The van der Waals surface area contributed by atoms with Crippen LogP contribution in [-0.2, 0) is 0 Å². The van der Waals surface area contributed by atoms with Crippen molar-refractivity contribution in [2.45, 2.75) is 42.3 Å². The average Bonchev–Trinajstić information content (AvgIpc) is 2.26. The Morgan fingerprint density at radius 2 is 1.93 bits per heavy atom. The predicted octanol–water partition coefficient (Wildman–Crippen LogP) is 5.12. The van der Waals surface area contributed by atoms with Crippen molar-refractivity contribution in [2.75, 3.05) is 5.75 Å². The van der Waals surface area contributed by atoms with Crippen LogP contribution < -0.4 is 0 Å². The zero-order valence-electron chi connectivity index (χ0n) is 9.29. The Kier molecular flexibility index (Phi) is 7.20. The molecule has 0 heterocycles. The standard InChI is InChI=1S/C13H19BrS/c1-2-7-12(14)8-6-11-15-13-9-4-3-5-10-13/h3-5,9-10,12H,2,6-8,11H2,1H3. The highest BCUT2D eigenvalue weighted by Gasteiger charge is 2.02. The fraction of sp³-hybridized carbons (Fsp3) is 0.538. The minimum absolute atomic E-state index is 0.721. The summed E-state index contributed by atoms with van der Waals surface area (Å²) in [6, 6.07) is 10.6. The third kappa shape index (κ3) is 6.26. The molecule has 0 N–H and O–H groups in total. The van der Waals surface area contributed by atoms with E-state index < -0.39 is 0 Å². The van der Waals surface area contributed by atoms with Crippen molar-refractivity contribution in [3.63, 3.8) is 0 Å². The van der Waals surface area contributed by atoms with E-state index in [4.69, 9.17) is 0 Å². The van der Waals surface area contributed by atoms with Crippen molar-refractivity contribution in [2.24, 2.45) is 0 Å². The lowest BCUT2D eigenvalue weighted by molar-refractivity contribution is 0.685. The molecule has 1 aromatic carbocycles. The second-order valence-corrected chi connectivity index (χ2v) is 6.15. The molecule has 1 atom stereocenters. The molecule has 1 unspecified atom stereocenters. The van der Waals surface area contributed by atoms with Gasteiger partial charge >= 0.3 is 0 Å². The van der Waals surface area contributed by atoms with Crippen molar-refractivity contribution in [3.8, 4) is 0 Å². The van der Waals surface area contributed by atoms with Gasteiger partial charge in [-0.2, -0.15) is 0 Å². The van der Waals surface area contributed by atoms with Crippen molar-refractivity contribution in [1.29, 1.82) is 0 Å². The summed E-state index contributed by atoms with van der Waals surface area (Å²) >= 11 is 5.67. The molecule has 0 fully saturated rings. The zero-order valence-corrected chi connectivity index (χ0v) is 11.7. The minimum Gasteiger partial charge on any atom is -0.126 e. The third-order valence-electron chi connectivity index (χ3n) is 2.28. The second kappa shape index (κ2) is 8.23. The quantitative estimate of drug-likeness (QED) is 0.381. The molecule has 0 spiro atoms. The van der Waals surface area contributed by atoms with E-state index >= 15 is 0 Å². The first-order chi connectivity index (χ1) is 7.33. The topological polar surface area (TPSA) is 0 Å². The number of benzene rings is 1. The molecular formula is C13H19BrS. The van der Waals surface area contributed by atoms with Gasteiger partial charge in [0.1, 0.15) is 0 Å². The van der Waals surface area contributed by atoms with Gasteiger partial charge in [0.15, 0.2) is 0 Å². The van der Waals surface area contributed by atoms with Gasteiger partial charge in [0.05, 0.1) is 0 Å². The molecule has 0 amide bonds. The fourth-order valence-electron chi connectivity index (χ4n) is 1.47. The van der Waals surface area contributed by atoms with Gasteiger partial charge in [0.25, 0.3) is 0 Å². The highest BCUT2D eigenvalue weighted by molar-refractivity contribution is 9.09. The lowest BCUT2D eigenvalue weighted by atomic mass is 10.2. The average molecular weight is 287 g/mol. The van der Waals surface area contributed by atoms with E-state index in [1.165, 1.54) is 36.3 Å². The maximum Gasteiger partial charge on any atom is 0.0146 e. The van der Waals surface area contributed by atoms with E-state index in [9.17, 15) is 0 Å². The van der Waals surface area contributed by atoms with E-state index in [2.05, 4.69) is 53.2 Å². The summed E-state index contributed by atoms with van der Waals surface area (Å²) in [6.07, 6.45) is 5.18. The van der Waals surface area contributed by atoms with Crippen LogP contribution in [0, 0.1) is 0 Å². The fourth-order valence-corrected chi connectivity index (χ4v) is 3.15. The Morgan fingerprint density at radius 1 is 1.20 bits per heavy atom. The maximum atomic E-state index is 3.72. The van der Waals surface area contributed by atoms with Gasteiger partial charge < -0.3 is 0 Å². The number of thioether (sulfide) groups is 1. The molecule has 0 saturated heterocycles. The number of rotatable bonds is 7. The Hall–Kier alpha value is 0.0500. The molecule has 0 aromatic heterocycles. The van der Waals surface area contributed by atoms with Crippen molar-refractivity contribution in [1.82, 2.24) is 0 Å². The van der Waals surface area contributed by atoms with Crippen LogP contribution in [-0.4, -0.2) is 10.6 Å². The first kappa shape index (κ1) is 13.1. The summed E-state index contributed by atoms with van der Waals surface area (Å²) in [7, 11) is 0. The number of alkyl halides is 1. The molecule has 0 bridgehead atoms. The summed E-state index contributed by atoms with van der Waals surface area (Å²) < 4.78 is 0. The first-order valence-corrected chi connectivity index (χ1v) is 7.55. The molecule has 0 nitrogen and oxygen atoms in total. The molecule has 1 rings (SSSR count).